The summed E-state index contributed by atoms with van der Waals surface area (Å²) in [6.45, 7) is 0. The smallest absolute Gasteiger partial charge is 0.271 e. The highest BCUT2D eigenvalue weighted by Gasteiger charge is 2.17. The van der Waals surface area contributed by atoms with Gasteiger partial charge in [0.2, 0.25) is 0 Å². The molecular formula is C23H23N3O3S2. The van der Waals surface area contributed by atoms with E-state index in [0.29, 0.717) is 17.2 Å². The Labute approximate surface area is 186 Å². The first kappa shape index (κ1) is 21.1. The van der Waals surface area contributed by atoms with Gasteiger partial charge in [0, 0.05) is 16.9 Å². The van der Waals surface area contributed by atoms with Crippen molar-refractivity contribution in [2.45, 2.75) is 29.4 Å². The van der Waals surface area contributed by atoms with E-state index in [9.17, 15) is 13.2 Å². The summed E-state index contributed by atoms with van der Waals surface area (Å²) < 4.78 is 27.3. The maximum absolute atomic E-state index is 12.4. The van der Waals surface area contributed by atoms with Gasteiger partial charge in [-0.3, -0.25) is 14.9 Å². The fraction of sp³-hybridized carbons (Fsp3) is 0.174. The number of nitrogens with one attached hydrogen (secondary N) is 3. The third-order valence-electron chi connectivity index (χ3n) is 5.18. The molecule has 3 aromatic rings. The number of hydrogen-bond donors (Lipinski definition) is 3. The minimum Gasteiger partial charge on any atom is -0.303 e. The fourth-order valence-corrected chi connectivity index (χ4v) is 5.55. The molecule has 0 fully saturated rings. The number of hydrazine groups is 1. The van der Waals surface area contributed by atoms with E-state index in [4.69, 9.17) is 0 Å². The Bertz CT molecular complexity index is 1160. The quantitative estimate of drug-likeness (QED) is 0.455. The first-order chi connectivity index (χ1) is 15.0. The highest BCUT2D eigenvalue weighted by atomic mass is 32.2. The Hall–Kier alpha value is -3.10. The van der Waals surface area contributed by atoms with Crippen molar-refractivity contribution in [3.05, 3.63) is 95.0 Å². The molecule has 1 unspecified atom stereocenters. The van der Waals surface area contributed by atoms with Crippen molar-refractivity contribution in [3.8, 4) is 0 Å². The van der Waals surface area contributed by atoms with Gasteiger partial charge in [0.15, 0.2) is 0 Å². The monoisotopic (exact) mass is 453 g/mol. The Morgan fingerprint density at radius 1 is 0.968 bits per heavy atom. The first-order valence-electron chi connectivity index (χ1n) is 9.98. The molecule has 0 bridgehead atoms. The van der Waals surface area contributed by atoms with Gasteiger partial charge < -0.3 is 5.43 Å². The van der Waals surface area contributed by atoms with Crippen molar-refractivity contribution in [3.63, 3.8) is 0 Å². The van der Waals surface area contributed by atoms with E-state index >= 15 is 0 Å². The maximum Gasteiger partial charge on any atom is 0.271 e. The van der Waals surface area contributed by atoms with Crippen LogP contribution < -0.4 is 15.6 Å². The maximum atomic E-state index is 12.4. The molecule has 8 heteroatoms. The zero-order valence-electron chi connectivity index (χ0n) is 16.7. The molecular weight excluding hydrogens is 430 g/mol. The van der Waals surface area contributed by atoms with E-state index in [-0.39, 0.29) is 10.1 Å². The van der Waals surface area contributed by atoms with Gasteiger partial charge in [0.25, 0.3) is 15.9 Å². The van der Waals surface area contributed by atoms with Crippen LogP contribution in [0.2, 0.25) is 0 Å². The van der Waals surface area contributed by atoms with Crippen molar-refractivity contribution in [2.75, 3.05) is 4.72 Å². The van der Waals surface area contributed by atoms with Crippen LogP contribution in [0.5, 0.6) is 0 Å². The largest absolute Gasteiger partial charge is 0.303 e. The van der Waals surface area contributed by atoms with Gasteiger partial charge in [-0.05, 0) is 66.5 Å². The van der Waals surface area contributed by atoms with Crippen LogP contribution in [0, 0.1) is 0 Å². The molecule has 0 spiro atoms. The van der Waals surface area contributed by atoms with Gasteiger partial charge in [0.1, 0.15) is 4.21 Å². The van der Waals surface area contributed by atoms with Crippen molar-refractivity contribution >= 4 is 33.0 Å². The molecule has 3 N–H and O–H groups in total. The van der Waals surface area contributed by atoms with Crippen molar-refractivity contribution < 1.29 is 13.2 Å². The Kier molecular flexibility index (Phi) is 6.39. The summed E-state index contributed by atoms with van der Waals surface area (Å²) in [6.07, 6.45) is 4.95. The average molecular weight is 454 g/mol. The van der Waals surface area contributed by atoms with Gasteiger partial charge in [-0.15, -0.1) is 11.3 Å². The van der Waals surface area contributed by atoms with Crippen LogP contribution >= 0.6 is 11.3 Å². The second-order valence-corrected chi connectivity index (χ2v) is 10.2. The summed E-state index contributed by atoms with van der Waals surface area (Å²) in [5.41, 5.74) is 8.92. The molecule has 6 nitrogen and oxygen atoms in total. The lowest BCUT2D eigenvalue weighted by Gasteiger charge is -2.23. The molecule has 0 saturated heterocycles. The summed E-state index contributed by atoms with van der Waals surface area (Å²) in [6, 6.07) is 20.0. The molecule has 1 atom stereocenters. The highest BCUT2D eigenvalue weighted by Crippen LogP contribution is 2.30. The summed E-state index contributed by atoms with van der Waals surface area (Å²) >= 11 is 1.15. The van der Waals surface area contributed by atoms with E-state index in [1.54, 1.807) is 41.8 Å². The van der Waals surface area contributed by atoms with Gasteiger partial charge in [0.05, 0.1) is 0 Å². The third kappa shape index (κ3) is 5.34. The molecule has 0 radical (unpaired) electrons. The number of anilines is 1. The van der Waals surface area contributed by atoms with Crippen LogP contribution in [0.15, 0.2) is 88.1 Å². The lowest BCUT2D eigenvalue weighted by atomic mass is 9.87. The zero-order valence-corrected chi connectivity index (χ0v) is 18.4. The van der Waals surface area contributed by atoms with Crippen LogP contribution in [0.3, 0.4) is 0 Å². The fourth-order valence-electron chi connectivity index (χ4n) is 3.50. The molecule has 1 aliphatic rings. The molecule has 1 heterocycles. The lowest BCUT2D eigenvalue weighted by Crippen LogP contribution is -2.37. The lowest BCUT2D eigenvalue weighted by molar-refractivity contribution is 0.0938. The number of allylic oxidation sites excluding steroid dienone is 2. The first-order valence-corrected chi connectivity index (χ1v) is 12.3. The molecule has 1 aromatic heterocycles. The normalized spacial score (nSPS) is 16.3. The summed E-state index contributed by atoms with van der Waals surface area (Å²) in [5, 5.41) is 1.71. The number of hydrogen-bond acceptors (Lipinski definition) is 5. The van der Waals surface area contributed by atoms with E-state index < -0.39 is 10.0 Å². The number of benzene rings is 2. The van der Waals surface area contributed by atoms with Crippen LogP contribution in [-0.2, 0) is 10.0 Å². The molecule has 160 valence electrons. The van der Waals surface area contributed by atoms with E-state index in [2.05, 4.69) is 45.9 Å². The number of rotatable bonds is 7. The molecule has 4 rings (SSSR count). The molecule has 0 saturated carbocycles. The van der Waals surface area contributed by atoms with Gasteiger partial charge in [-0.25, -0.2) is 8.42 Å². The van der Waals surface area contributed by atoms with Crippen LogP contribution in [0.4, 0.5) is 5.69 Å². The van der Waals surface area contributed by atoms with Crippen LogP contribution in [-0.4, -0.2) is 14.3 Å². The van der Waals surface area contributed by atoms with E-state index in [0.717, 1.165) is 36.3 Å². The summed E-state index contributed by atoms with van der Waals surface area (Å²) in [7, 11) is -3.60. The van der Waals surface area contributed by atoms with Gasteiger partial charge in [-0.1, -0.05) is 42.5 Å². The van der Waals surface area contributed by atoms with Gasteiger partial charge in [-0.2, -0.15) is 0 Å². The zero-order chi connectivity index (χ0) is 21.7. The topological polar surface area (TPSA) is 87.3 Å². The molecule has 1 amide bonds. The van der Waals surface area contributed by atoms with Crippen LogP contribution in [0.25, 0.3) is 0 Å². The number of sulfonamides is 1. The number of amides is 1. The Morgan fingerprint density at radius 3 is 2.39 bits per heavy atom. The van der Waals surface area contributed by atoms with Crippen LogP contribution in [0.1, 0.15) is 41.1 Å². The second-order valence-electron chi connectivity index (χ2n) is 7.31. The molecule has 0 aliphatic heterocycles. The minimum atomic E-state index is -3.60. The van der Waals surface area contributed by atoms with Gasteiger partial charge >= 0.3 is 0 Å². The minimum absolute atomic E-state index is 0.244. The Balaban J connectivity index is 1.30. The van der Waals surface area contributed by atoms with Crippen molar-refractivity contribution in [2.24, 2.45) is 0 Å². The summed E-state index contributed by atoms with van der Waals surface area (Å²) in [4.78, 5) is 12.4. The summed E-state index contributed by atoms with van der Waals surface area (Å²) in [5.74, 6) is 0.228. The van der Waals surface area contributed by atoms with E-state index in [1.807, 2.05) is 6.07 Å². The second kappa shape index (κ2) is 9.36. The number of thiophene rings is 1. The van der Waals surface area contributed by atoms with Crippen molar-refractivity contribution in [1.29, 1.82) is 0 Å². The standard InChI is InChI=1S/C23H23N3O3S2/c27-23(25-24-20-12-8-18(9-13-20)17-5-2-1-3-6-17)19-10-14-21(15-11-19)26-31(28,29)22-7-4-16-30-22/h1-7,10-12,14-16,18,24,26H,8-9,13H2,(H,25,27). The highest BCUT2D eigenvalue weighted by molar-refractivity contribution is 7.94. The number of carbonyl (C=O) groups is 1. The average Bonchev–Trinajstić information content (AvgIpc) is 3.35. The third-order valence-corrected chi connectivity index (χ3v) is 7.96. The predicted octanol–water partition coefficient (Wildman–Crippen LogP) is 4.63. The molecule has 2 aromatic carbocycles. The van der Waals surface area contributed by atoms with Crippen molar-refractivity contribution in [1.82, 2.24) is 10.9 Å². The SMILES string of the molecule is O=C(NNC1=CCC(c2ccccc2)CC1)c1ccc(NS(=O)(=O)c2cccs2)cc1. The molecule has 31 heavy (non-hydrogen) atoms. The molecule has 1 aliphatic carbocycles. The van der Waals surface area contributed by atoms with E-state index in [1.165, 1.54) is 5.56 Å². The Morgan fingerprint density at radius 2 is 1.74 bits per heavy atom. The number of carbonyl (C=O) groups excluding carboxylic acids is 1. The predicted molar refractivity (Wildman–Crippen MR) is 123 cm³/mol.